The van der Waals surface area contributed by atoms with Crippen LogP contribution in [0, 0.1) is 5.41 Å². The molecule has 3 N–H and O–H groups in total. The Morgan fingerprint density at radius 3 is 2.20 bits per heavy atom. The maximum Gasteiger partial charge on any atom is 0.336 e. The van der Waals surface area contributed by atoms with Crippen molar-refractivity contribution < 1.29 is 19.5 Å². The van der Waals surface area contributed by atoms with Crippen LogP contribution in [0.4, 0.5) is 11.4 Å². The van der Waals surface area contributed by atoms with Crippen molar-refractivity contribution in [2.75, 3.05) is 17.7 Å². The Balaban J connectivity index is 2.39. The SMILES string of the molecule is CNc1cccc(NC(=O)C2=C(C(=O)O)C=CC(C)(C(C)=O)C=C2)c1. The number of hydrogen-bond acceptors (Lipinski definition) is 4. The van der Waals surface area contributed by atoms with Gasteiger partial charge in [0.25, 0.3) is 5.91 Å². The number of anilines is 2. The topological polar surface area (TPSA) is 95.5 Å². The van der Waals surface area contributed by atoms with Crippen molar-refractivity contribution in [1.29, 1.82) is 0 Å². The number of allylic oxidation sites excluding steroid dienone is 2. The van der Waals surface area contributed by atoms with Crippen LogP contribution in [0.5, 0.6) is 0 Å². The molecule has 0 heterocycles. The molecule has 0 bridgehead atoms. The van der Waals surface area contributed by atoms with Crippen molar-refractivity contribution in [2.45, 2.75) is 13.8 Å². The van der Waals surface area contributed by atoms with E-state index in [2.05, 4.69) is 10.6 Å². The molecule has 0 fully saturated rings. The first-order valence-corrected chi connectivity index (χ1v) is 7.73. The lowest BCUT2D eigenvalue weighted by Crippen LogP contribution is -2.19. The fourth-order valence-corrected chi connectivity index (χ4v) is 2.32. The van der Waals surface area contributed by atoms with Crippen LogP contribution in [0.1, 0.15) is 13.8 Å². The maximum atomic E-state index is 12.6. The van der Waals surface area contributed by atoms with Gasteiger partial charge in [-0.3, -0.25) is 9.59 Å². The second-order valence-corrected chi connectivity index (χ2v) is 5.92. The van der Waals surface area contributed by atoms with Crippen molar-refractivity contribution >= 4 is 29.0 Å². The average Bonchev–Trinajstić information content (AvgIpc) is 2.75. The largest absolute Gasteiger partial charge is 0.478 e. The highest BCUT2D eigenvalue weighted by molar-refractivity contribution is 6.12. The number of aliphatic carboxylic acids is 1. The summed E-state index contributed by atoms with van der Waals surface area (Å²) in [5.74, 6) is -1.93. The Kier molecular flexibility index (Phi) is 5.22. The van der Waals surface area contributed by atoms with E-state index in [1.54, 1.807) is 38.2 Å². The minimum absolute atomic E-state index is 0.0106. The number of nitrogens with one attached hydrogen (secondary N) is 2. The van der Waals surface area contributed by atoms with Crippen LogP contribution in [0.3, 0.4) is 0 Å². The Morgan fingerprint density at radius 1 is 1.04 bits per heavy atom. The number of hydrogen-bond donors (Lipinski definition) is 3. The van der Waals surface area contributed by atoms with E-state index in [1.807, 2.05) is 6.07 Å². The Hall–Kier alpha value is -3.15. The Morgan fingerprint density at radius 2 is 1.64 bits per heavy atom. The zero-order valence-corrected chi connectivity index (χ0v) is 14.3. The fraction of sp³-hybridized carbons (Fsp3) is 0.211. The van der Waals surface area contributed by atoms with Gasteiger partial charge in [-0.05, 0) is 38.1 Å². The van der Waals surface area contributed by atoms with Crippen molar-refractivity contribution in [2.24, 2.45) is 5.41 Å². The monoisotopic (exact) mass is 340 g/mol. The number of rotatable bonds is 5. The molecule has 1 aliphatic carbocycles. The van der Waals surface area contributed by atoms with Gasteiger partial charge in [0.2, 0.25) is 0 Å². The van der Waals surface area contributed by atoms with Crippen LogP contribution >= 0.6 is 0 Å². The molecule has 1 amide bonds. The molecule has 2 rings (SSSR count). The molecule has 1 atom stereocenters. The van der Waals surface area contributed by atoms with E-state index in [1.165, 1.54) is 25.2 Å². The lowest BCUT2D eigenvalue weighted by atomic mass is 9.86. The summed E-state index contributed by atoms with van der Waals surface area (Å²) in [5, 5.41) is 15.1. The summed E-state index contributed by atoms with van der Waals surface area (Å²) in [6.07, 6.45) is 5.74. The number of benzene rings is 1. The van der Waals surface area contributed by atoms with Gasteiger partial charge in [0.1, 0.15) is 5.78 Å². The molecule has 1 aromatic carbocycles. The van der Waals surface area contributed by atoms with Crippen LogP contribution < -0.4 is 10.6 Å². The minimum atomic E-state index is -1.23. The predicted molar refractivity (Wildman–Crippen MR) is 96.3 cm³/mol. The number of amides is 1. The van der Waals surface area contributed by atoms with Crippen LogP contribution in [0.15, 0.2) is 59.7 Å². The van der Waals surface area contributed by atoms with Gasteiger partial charge in [0.05, 0.1) is 16.6 Å². The molecule has 0 saturated heterocycles. The van der Waals surface area contributed by atoms with E-state index in [-0.39, 0.29) is 16.9 Å². The van der Waals surface area contributed by atoms with E-state index in [0.717, 1.165) is 5.69 Å². The number of carboxylic acid groups (broad SMARTS) is 1. The average molecular weight is 340 g/mol. The first kappa shape index (κ1) is 18.2. The maximum absolute atomic E-state index is 12.6. The smallest absolute Gasteiger partial charge is 0.336 e. The number of carbonyl (C=O) groups excluding carboxylic acids is 2. The van der Waals surface area contributed by atoms with E-state index in [9.17, 15) is 19.5 Å². The second kappa shape index (κ2) is 7.17. The molecule has 1 unspecified atom stereocenters. The van der Waals surface area contributed by atoms with Crippen molar-refractivity contribution in [3.8, 4) is 0 Å². The molecule has 1 aliphatic rings. The highest BCUT2D eigenvalue weighted by Crippen LogP contribution is 2.28. The molecule has 6 heteroatoms. The summed E-state index contributed by atoms with van der Waals surface area (Å²) in [6, 6.07) is 7.04. The zero-order chi connectivity index (χ0) is 18.6. The second-order valence-electron chi connectivity index (χ2n) is 5.92. The highest BCUT2D eigenvalue weighted by atomic mass is 16.4. The summed E-state index contributed by atoms with van der Waals surface area (Å²) in [4.78, 5) is 35.9. The standard InChI is InChI=1S/C19H20N2O4/c1-12(22)19(2)9-7-15(16(8-10-19)18(24)25)17(23)21-14-6-4-5-13(11-14)20-3/h4-11,20H,1-3H3,(H,21,23)(H,24,25). The molecule has 0 spiro atoms. The number of ketones is 1. The highest BCUT2D eigenvalue weighted by Gasteiger charge is 2.28. The van der Waals surface area contributed by atoms with Crippen LogP contribution in [-0.4, -0.2) is 29.8 Å². The zero-order valence-electron chi connectivity index (χ0n) is 14.3. The lowest BCUT2D eigenvalue weighted by molar-refractivity contribution is -0.132. The first-order chi connectivity index (χ1) is 11.8. The molecular formula is C19H20N2O4. The molecule has 25 heavy (non-hydrogen) atoms. The van der Waals surface area contributed by atoms with Crippen LogP contribution in [-0.2, 0) is 14.4 Å². The molecule has 130 valence electrons. The number of carboxylic acids is 1. The molecule has 0 saturated carbocycles. The van der Waals surface area contributed by atoms with E-state index >= 15 is 0 Å². The Bertz CT molecular complexity index is 820. The molecule has 0 aromatic heterocycles. The third-order valence-corrected chi connectivity index (χ3v) is 4.13. The molecule has 1 aromatic rings. The lowest BCUT2D eigenvalue weighted by Gasteiger charge is -2.16. The third kappa shape index (κ3) is 4.03. The number of carbonyl (C=O) groups is 3. The van der Waals surface area contributed by atoms with E-state index < -0.39 is 17.3 Å². The minimum Gasteiger partial charge on any atom is -0.478 e. The van der Waals surface area contributed by atoms with Gasteiger partial charge >= 0.3 is 5.97 Å². The summed E-state index contributed by atoms with van der Waals surface area (Å²) in [5.41, 5.74) is 0.220. The molecule has 0 radical (unpaired) electrons. The fourth-order valence-electron chi connectivity index (χ4n) is 2.32. The van der Waals surface area contributed by atoms with Gasteiger partial charge in [-0.2, -0.15) is 0 Å². The van der Waals surface area contributed by atoms with E-state index in [4.69, 9.17) is 0 Å². The normalized spacial score (nSPS) is 19.3. The molecule has 0 aliphatic heterocycles. The summed E-state index contributed by atoms with van der Waals surface area (Å²) in [6.45, 7) is 3.09. The van der Waals surface area contributed by atoms with Gasteiger partial charge in [0.15, 0.2) is 0 Å². The Labute approximate surface area is 145 Å². The van der Waals surface area contributed by atoms with Gasteiger partial charge in [0, 0.05) is 18.4 Å². The first-order valence-electron chi connectivity index (χ1n) is 7.73. The number of Topliss-reactive ketones (excluding diaryl/α,β-unsaturated/α-hetero) is 1. The quantitative estimate of drug-likeness (QED) is 0.766. The molecule has 6 nitrogen and oxygen atoms in total. The van der Waals surface area contributed by atoms with Gasteiger partial charge in [-0.25, -0.2) is 4.79 Å². The van der Waals surface area contributed by atoms with Crippen molar-refractivity contribution in [3.63, 3.8) is 0 Å². The van der Waals surface area contributed by atoms with Crippen molar-refractivity contribution in [3.05, 3.63) is 59.7 Å². The summed E-state index contributed by atoms with van der Waals surface area (Å²) >= 11 is 0. The predicted octanol–water partition coefficient (Wildman–Crippen LogP) is 2.77. The van der Waals surface area contributed by atoms with E-state index in [0.29, 0.717) is 5.69 Å². The van der Waals surface area contributed by atoms with Gasteiger partial charge < -0.3 is 15.7 Å². The van der Waals surface area contributed by atoms with Gasteiger partial charge in [-0.1, -0.05) is 24.3 Å². The summed E-state index contributed by atoms with van der Waals surface area (Å²) < 4.78 is 0. The third-order valence-electron chi connectivity index (χ3n) is 4.13. The van der Waals surface area contributed by atoms with Crippen LogP contribution in [0.2, 0.25) is 0 Å². The molecular weight excluding hydrogens is 320 g/mol. The summed E-state index contributed by atoms with van der Waals surface area (Å²) in [7, 11) is 1.76. The van der Waals surface area contributed by atoms with Crippen LogP contribution in [0.25, 0.3) is 0 Å². The van der Waals surface area contributed by atoms with Gasteiger partial charge in [-0.15, -0.1) is 0 Å². The van der Waals surface area contributed by atoms with Crippen molar-refractivity contribution in [1.82, 2.24) is 0 Å².